The summed E-state index contributed by atoms with van der Waals surface area (Å²) in [6.45, 7) is 6.69. The molecule has 1 aliphatic rings. The Balaban J connectivity index is 2.18. The number of ether oxygens (including phenoxy) is 1. The van der Waals surface area contributed by atoms with E-state index in [1.54, 1.807) is 0 Å². The first-order chi connectivity index (χ1) is 9.20. The molecule has 5 heteroatoms. The number of hydrogen-bond acceptors (Lipinski definition) is 3. The summed E-state index contributed by atoms with van der Waals surface area (Å²) in [5.74, 6) is 0. The summed E-state index contributed by atoms with van der Waals surface area (Å²) in [6, 6.07) is 1.99. The lowest BCUT2D eigenvalue weighted by Crippen LogP contribution is -2.20. The van der Waals surface area contributed by atoms with Gasteiger partial charge >= 0.3 is 0 Å². The monoisotopic (exact) mass is 321 g/mol. The van der Waals surface area contributed by atoms with Crippen LogP contribution in [0.3, 0.4) is 0 Å². The topological polar surface area (TPSA) is 39.9 Å². The van der Waals surface area contributed by atoms with Crippen LogP contribution in [0, 0.1) is 6.92 Å². The lowest BCUT2D eigenvalue weighted by molar-refractivity contribution is -0.0394. The summed E-state index contributed by atoms with van der Waals surface area (Å²) >= 11 is 3.44. The van der Waals surface area contributed by atoms with E-state index >= 15 is 0 Å². The van der Waals surface area contributed by atoms with Gasteiger partial charge in [0.1, 0.15) is 10.1 Å². The zero-order valence-corrected chi connectivity index (χ0v) is 12.5. The molecule has 2 aromatic heterocycles. The van der Waals surface area contributed by atoms with Crippen LogP contribution in [0.4, 0.5) is 0 Å². The van der Waals surface area contributed by atoms with E-state index in [9.17, 15) is 0 Å². The molecule has 3 heterocycles. The van der Waals surface area contributed by atoms with Crippen molar-refractivity contribution in [2.75, 3.05) is 6.61 Å². The molecule has 1 saturated heterocycles. The third-order valence-corrected chi connectivity index (χ3v) is 3.89. The summed E-state index contributed by atoms with van der Waals surface area (Å²) in [5.41, 5.74) is 2.85. The molecule has 0 amide bonds. The van der Waals surface area contributed by atoms with Gasteiger partial charge in [0.15, 0.2) is 6.23 Å². The normalized spacial score (nSPS) is 19.8. The number of aryl methyl sites for hydroxylation is 1. The maximum atomic E-state index is 5.83. The van der Waals surface area contributed by atoms with E-state index in [1.807, 2.05) is 23.7 Å². The predicted molar refractivity (Wildman–Crippen MR) is 78.9 cm³/mol. The molecule has 0 bridgehead atoms. The highest BCUT2D eigenvalue weighted by Crippen LogP contribution is 2.30. The van der Waals surface area contributed by atoms with Gasteiger partial charge in [-0.05, 0) is 54.3 Å². The number of nitrogens with zero attached hydrogens (tertiary/aromatic N) is 3. The minimum Gasteiger partial charge on any atom is -0.356 e. The van der Waals surface area contributed by atoms with Crippen LogP contribution in [0.25, 0.3) is 17.0 Å². The van der Waals surface area contributed by atoms with Crippen LogP contribution in [0.15, 0.2) is 17.2 Å². The van der Waals surface area contributed by atoms with Crippen molar-refractivity contribution in [1.29, 1.82) is 0 Å². The Morgan fingerprint density at radius 3 is 3.05 bits per heavy atom. The Morgan fingerprint density at radius 2 is 2.37 bits per heavy atom. The second kappa shape index (κ2) is 5.06. The van der Waals surface area contributed by atoms with Crippen LogP contribution in [0.5, 0.6) is 0 Å². The first-order valence-corrected chi connectivity index (χ1v) is 7.29. The summed E-state index contributed by atoms with van der Waals surface area (Å²) in [5, 5.41) is 5.76. The van der Waals surface area contributed by atoms with Crippen molar-refractivity contribution in [3.8, 4) is 0 Å². The zero-order valence-electron chi connectivity index (χ0n) is 10.9. The van der Waals surface area contributed by atoms with Gasteiger partial charge in [0.2, 0.25) is 0 Å². The summed E-state index contributed by atoms with van der Waals surface area (Å²) in [4.78, 5) is 4.40. The Kier molecular flexibility index (Phi) is 3.41. The molecule has 0 saturated carbocycles. The van der Waals surface area contributed by atoms with E-state index in [1.165, 1.54) is 6.42 Å². The number of fused-ring (bicyclic) bond motifs is 1. The molecule has 0 spiro atoms. The van der Waals surface area contributed by atoms with Gasteiger partial charge in [0, 0.05) is 12.0 Å². The molecule has 1 unspecified atom stereocenters. The Hall–Kier alpha value is -1.20. The Morgan fingerprint density at radius 1 is 1.53 bits per heavy atom. The van der Waals surface area contributed by atoms with Gasteiger partial charge in [0.25, 0.3) is 0 Å². The first kappa shape index (κ1) is 12.8. The van der Waals surface area contributed by atoms with E-state index < -0.39 is 0 Å². The first-order valence-electron chi connectivity index (χ1n) is 6.50. The lowest BCUT2D eigenvalue weighted by atomic mass is 10.1. The van der Waals surface area contributed by atoms with Crippen molar-refractivity contribution >= 4 is 32.9 Å². The molecule has 1 atom stereocenters. The summed E-state index contributed by atoms with van der Waals surface area (Å²) in [7, 11) is 0. The van der Waals surface area contributed by atoms with Crippen molar-refractivity contribution in [3.63, 3.8) is 0 Å². The number of hydrogen-bond donors (Lipinski definition) is 0. The quantitative estimate of drug-likeness (QED) is 0.789. The lowest BCUT2D eigenvalue weighted by Gasteiger charge is -2.23. The van der Waals surface area contributed by atoms with Crippen molar-refractivity contribution in [2.45, 2.75) is 32.4 Å². The van der Waals surface area contributed by atoms with E-state index in [-0.39, 0.29) is 6.23 Å². The van der Waals surface area contributed by atoms with E-state index in [2.05, 4.69) is 32.6 Å². The highest BCUT2D eigenvalue weighted by molar-refractivity contribution is 9.10. The van der Waals surface area contributed by atoms with E-state index in [0.717, 1.165) is 46.3 Å². The van der Waals surface area contributed by atoms with Crippen molar-refractivity contribution < 1.29 is 4.74 Å². The fourth-order valence-corrected chi connectivity index (χ4v) is 3.07. The third kappa shape index (κ3) is 2.21. The maximum absolute atomic E-state index is 5.83. The average Bonchev–Trinajstić information content (AvgIpc) is 2.78. The van der Waals surface area contributed by atoms with Crippen LogP contribution in [-0.4, -0.2) is 21.4 Å². The molecule has 2 aromatic rings. The minimum atomic E-state index is 0.0207. The van der Waals surface area contributed by atoms with E-state index in [4.69, 9.17) is 4.74 Å². The molecule has 0 N–H and O–H groups in total. The molecule has 19 heavy (non-hydrogen) atoms. The van der Waals surface area contributed by atoms with Crippen LogP contribution >= 0.6 is 15.9 Å². The zero-order chi connectivity index (χ0) is 13.4. The second-order valence-corrected chi connectivity index (χ2v) is 5.59. The molecule has 100 valence electrons. The standard InChI is InChI=1S/C14H16BrN3O/c1-3-11-10-8-12(15)16-9(2)14(10)17-18(11)13-6-4-5-7-19-13/h3,8,13H,1,4-7H2,2H3. The number of pyridine rings is 1. The van der Waals surface area contributed by atoms with E-state index in [0.29, 0.717) is 0 Å². The molecule has 4 nitrogen and oxygen atoms in total. The predicted octanol–water partition coefficient (Wildman–Crippen LogP) is 3.84. The summed E-state index contributed by atoms with van der Waals surface area (Å²) in [6.07, 6.45) is 5.18. The molecule has 1 aliphatic heterocycles. The third-order valence-electron chi connectivity index (χ3n) is 3.49. The van der Waals surface area contributed by atoms with Gasteiger partial charge in [0.05, 0.1) is 11.4 Å². The molecule has 0 radical (unpaired) electrons. The van der Waals surface area contributed by atoms with Gasteiger partial charge in [-0.25, -0.2) is 9.67 Å². The van der Waals surface area contributed by atoms with Crippen molar-refractivity contribution in [1.82, 2.24) is 14.8 Å². The molecule has 0 aliphatic carbocycles. The largest absolute Gasteiger partial charge is 0.356 e. The highest BCUT2D eigenvalue weighted by atomic mass is 79.9. The highest BCUT2D eigenvalue weighted by Gasteiger charge is 2.21. The maximum Gasteiger partial charge on any atom is 0.150 e. The Labute approximate surface area is 120 Å². The van der Waals surface area contributed by atoms with Gasteiger partial charge in [-0.15, -0.1) is 0 Å². The van der Waals surface area contributed by atoms with Crippen LogP contribution in [0.1, 0.15) is 36.9 Å². The van der Waals surface area contributed by atoms with Gasteiger partial charge < -0.3 is 4.74 Å². The van der Waals surface area contributed by atoms with Crippen LogP contribution < -0.4 is 0 Å². The molecule has 1 fully saturated rings. The molecule has 3 rings (SSSR count). The molecular weight excluding hydrogens is 306 g/mol. The fourth-order valence-electron chi connectivity index (χ4n) is 2.57. The summed E-state index contributed by atoms with van der Waals surface area (Å²) < 4.78 is 8.61. The van der Waals surface area contributed by atoms with Gasteiger partial charge in [-0.2, -0.15) is 5.10 Å². The van der Waals surface area contributed by atoms with Crippen LogP contribution in [0.2, 0.25) is 0 Å². The molecular formula is C14H16BrN3O. The minimum absolute atomic E-state index is 0.0207. The molecule has 0 aromatic carbocycles. The number of halogens is 1. The average molecular weight is 322 g/mol. The fraction of sp³-hybridized carbons (Fsp3) is 0.429. The van der Waals surface area contributed by atoms with Crippen molar-refractivity contribution in [3.05, 3.63) is 28.6 Å². The number of rotatable bonds is 2. The van der Waals surface area contributed by atoms with Crippen LogP contribution in [-0.2, 0) is 4.74 Å². The van der Waals surface area contributed by atoms with Gasteiger partial charge in [-0.1, -0.05) is 6.58 Å². The smallest absolute Gasteiger partial charge is 0.150 e. The Bertz CT molecular complexity index is 629. The second-order valence-electron chi connectivity index (χ2n) is 4.78. The van der Waals surface area contributed by atoms with Crippen molar-refractivity contribution in [2.24, 2.45) is 0 Å². The van der Waals surface area contributed by atoms with Gasteiger partial charge in [-0.3, -0.25) is 0 Å². The SMILES string of the molecule is C=Cc1c2cc(Br)nc(C)c2nn1C1CCCCO1. The number of aromatic nitrogens is 3.